The molecule has 28 heavy (non-hydrogen) atoms. The third kappa shape index (κ3) is 3.29. The number of rotatable bonds is 3. The average molecular weight is 368 g/mol. The summed E-state index contributed by atoms with van der Waals surface area (Å²) < 4.78 is 0. The number of nitrogens with one attached hydrogen (secondary N) is 2. The molecule has 0 aromatic carbocycles. The fourth-order valence-corrected chi connectivity index (χ4v) is 3.35. The van der Waals surface area contributed by atoms with Gasteiger partial charge in [-0.3, -0.25) is 4.99 Å². The second-order valence-electron chi connectivity index (χ2n) is 7.01. The van der Waals surface area contributed by atoms with Gasteiger partial charge in [0.15, 0.2) is 0 Å². The van der Waals surface area contributed by atoms with E-state index in [1.165, 1.54) is 5.57 Å². The molecule has 0 radical (unpaired) electrons. The molecule has 0 unspecified atom stereocenters. The van der Waals surface area contributed by atoms with Crippen LogP contribution in [0.2, 0.25) is 0 Å². The molecule has 0 saturated heterocycles. The van der Waals surface area contributed by atoms with Gasteiger partial charge < -0.3 is 9.97 Å². The zero-order valence-electron chi connectivity index (χ0n) is 16.7. The Morgan fingerprint density at radius 3 is 2.29 bits per heavy atom. The molecule has 0 bridgehead atoms. The lowest BCUT2D eigenvalue weighted by Crippen LogP contribution is -2.11. The molecule has 0 amide bonds. The summed E-state index contributed by atoms with van der Waals surface area (Å²) in [5.74, 6) is 0. The summed E-state index contributed by atoms with van der Waals surface area (Å²) in [6, 6.07) is 8.45. The molecule has 2 aliphatic rings. The molecule has 0 spiro atoms. The summed E-state index contributed by atoms with van der Waals surface area (Å²) in [5, 5.41) is 2.25. The van der Waals surface area contributed by atoms with Crippen LogP contribution in [-0.2, 0) is 0 Å². The minimum Gasteiger partial charge on any atom is -0.356 e. The molecule has 0 aliphatic carbocycles. The minimum absolute atomic E-state index is 0.970. The van der Waals surface area contributed by atoms with Gasteiger partial charge in [0.05, 0.1) is 17.1 Å². The Labute approximate surface area is 164 Å². The zero-order chi connectivity index (χ0) is 19.7. The van der Waals surface area contributed by atoms with Crippen molar-refractivity contribution in [3.63, 3.8) is 0 Å². The summed E-state index contributed by atoms with van der Waals surface area (Å²) >= 11 is 0. The Kier molecular flexibility index (Phi) is 4.70. The van der Waals surface area contributed by atoms with Crippen LogP contribution in [0.15, 0.2) is 75.5 Å². The predicted molar refractivity (Wildman–Crippen MR) is 119 cm³/mol. The number of aliphatic imine (C=N–C) groups is 2. The van der Waals surface area contributed by atoms with Crippen LogP contribution < -0.4 is 10.7 Å². The minimum atomic E-state index is 0.970. The molecule has 4 heteroatoms. The highest BCUT2D eigenvalue weighted by Crippen LogP contribution is 2.26. The van der Waals surface area contributed by atoms with Crippen molar-refractivity contribution in [2.45, 2.75) is 27.7 Å². The normalized spacial score (nSPS) is 20.9. The number of hydrogen-bond acceptors (Lipinski definition) is 2. The maximum Gasteiger partial charge on any atom is 0.0688 e. The quantitative estimate of drug-likeness (QED) is 0.822. The highest BCUT2D eigenvalue weighted by molar-refractivity contribution is 6.12. The van der Waals surface area contributed by atoms with Crippen LogP contribution in [0, 0.1) is 0 Å². The van der Waals surface area contributed by atoms with Crippen molar-refractivity contribution in [1.29, 1.82) is 0 Å². The van der Waals surface area contributed by atoms with Gasteiger partial charge in [-0.15, -0.1) is 0 Å². The molecule has 0 saturated carbocycles. The van der Waals surface area contributed by atoms with Crippen LogP contribution in [0.1, 0.15) is 39.1 Å². The number of allylic oxidation sites excluding steroid dienone is 6. The van der Waals surface area contributed by atoms with E-state index in [0.717, 1.165) is 50.3 Å². The van der Waals surface area contributed by atoms with Crippen LogP contribution in [0.4, 0.5) is 0 Å². The van der Waals surface area contributed by atoms with E-state index in [1.54, 1.807) is 0 Å². The molecule has 140 valence electrons. The van der Waals surface area contributed by atoms with Crippen LogP contribution in [0.25, 0.3) is 17.2 Å². The number of aromatic nitrogens is 2. The molecule has 2 aliphatic heterocycles. The van der Waals surface area contributed by atoms with Gasteiger partial charge in [-0.1, -0.05) is 6.08 Å². The lowest BCUT2D eigenvalue weighted by Gasteiger charge is -2.03. The number of nitrogens with zero attached hydrogens (tertiary/aromatic N) is 2. The van der Waals surface area contributed by atoms with E-state index in [2.05, 4.69) is 78.2 Å². The third-order valence-corrected chi connectivity index (χ3v) is 5.26. The fourth-order valence-electron chi connectivity index (χ4n) is 3.35. The van der Waals surface area contributed by atoms with Crippen LogP contribution in [-0.4, -0.2) is 21.9 Å². The van der Waals surface area contributed by atoms with E-state index in [0.29, 0.717) is 0 Å². The van der Waals surface area contributed by atoms with Gasteiger partial charge in [0, 0.05) is 33.9 Å². The van der Waals surface area contributed by atoms with Crippen LogP contribution in [0.3, 0.4) is 0 Å². The monoisotopic (exact) mass is 368 g/mol. The van der Waals surface area contributed by atoms with Crippen LogP contribution in [0.5, 0.6) is 0 Å². The Morgan fingerprint density at radius 2 is 1.61 bits per heavy atom. The highest BCUT2D eigenvalue weighted by Gasteiger charge is 2.14. The molecule has 0 atom stereocenters. The van der Waals surface area contributed by atoms with Crippen molar-refractivity contribution < 1.29 is 0 Å². The summed E-state index contributed by atoms with van der Waals surface area (Å²) in [7, 11) is 0. The van der Waals surface area contributed by atoms with E-state index >= 15 is 0 Å². The van der Waals surface area contributed by atoms with Gasteiger partial charge >= 0.3 is 0 Å². The Hall–Kier alpha value is -3.40. The third-order valence-electron chi connectivity index (χ3n) is 5.26. The van der Waals surface area contributed by atoms with E-state index in [-0.39, 0.29) is 0 Å². The van der Waals surface area contributed by atoms with E-state index in [9.17, 15) is 0 Å². The van der Waals surface area contributed by atoms with Gasteiger partial charge in [0.2, 0.25) is 0 Å². The molecule has 0 fully saturated rings. The maximum atomic E-state index is 4.82. The summed E-state index contributed by atoms with van der Waals surface area (Å²) in [6.07, 6.45) is 12.0. The van der Waals surface area contributed by atoms with Gasteiger partial charge in [-0.2, -0.15) is 0 Å². The van der Waals surface area contributed by atoms with E-state index < -0.39 is 0 Å². The summed E-state index contributed by atoms with van der Waals surface area (Å²) in [5.41, 5.74) is 8.52. The lowest BCUT2D eigenvalue weighted by atomic mass is 10.1. The van der Waals surface area contributed by atoms with Crippen molar-refractivity contribution in [2.24, 2.45) is 9.98 Å². The highest BCUT2D eigenvalue weighted by atomic mass is 14.8. The number of hydrogen-bond donors (Lipinski definition) is 2. The molecule has 4 nitrogen and oxygen atoms in total. The first kappa shape index (κ1) is 18.0. The van der Waals surface area contributed by atoms with E-state index in [4.69, 9.17) is 4.99 Å². The second-order valence-corrected chi connectivity index (χ2v) is 7.01. The van der Waals surface area contributed by atoms with Crippen molar-refractivity contribution in [3.05, 3.63) is 87.6 Å². The largest absolute Gasteiger partial charge is 0.356 e. The van der Waals surface area contributed by atoms with Crippen LogP contribution >= 0.6 is 0 Å². The average Bonchev–Trinajstić information content (AvgIpc) is 3.52. The molecule has 4 heterocycles. The SMILES string of the molecule is C/C=c1/ccc(=C(C)c2ccc(C(C)=C3C=CC(C(C)=C4C=CC=N4)=N3)[nH]2)[nH]1. The van der Waals surface area contributed by atoms with Gasteiger partial charge in [0.25, 0.3) is 0 Å². The van der Waals surface area contributed by atoms with Crippen molar-refractivity contribution in [1.82, 2.24) is 9.97 Å². The molecular weight excluding hydrogens is 344 g/mol. The predicted octanol–water partition coefficient (Wildman–Crippen LogP) is 4.02. The zero-order valence-corrected chi connectivity index (χ0v) is 16.7. The fraction of sp³-hybridized carbons (Fsp3) is 0.167. The van der Waals surface area contributed by atoms with Crippen molar-refractivity contribution >= 4 is 29.1 Å². The van der Waals surface area contributed by atoms with Crippen molar-refractivity contribution in [2.75, 3.05) is 0 Å². The Morgan fingerprint density at radius 1 is 0.821 bits per heavy atom. The van der Waals surface area contributed by atoms with Gasteiger partial charge in [-0.25, -0.2) is 4.99 Å². The second kappa shape index (κ2) is 7.31. The van der Waals surface area contributed by atoms with E-state index in [1.807, 2.05) is 25.3 Å². The standard InChI is InChI=1S/C24H24N4/c1-5-18-8-9-20(26-18)16(3)22-12-13-24(28-22)17(4)23-11-10-21(27-23)15(2)19-7-6-14-25-19/h5-14,26,28H,1-4H3/b18-5-,19-15?,20-16?,23-17?. The smallest absolute Gasteiger partial charge is 0.0688 e. The van der Waals surface area contributed by atoms with Gasteiger partial charge in [-0.05, 0) is 87.4 Å². The first-order valence-corrected chi connectivity index (χ1v) is 9.48. The lowest BCUT2D eigenvalue weighted by molar-refractivity contribution is 1.22. The molecule has 2 aromatic heterocycles. The van der Waals surface area contributed by atoms with Crippen molar-refractivity contribution in [3.8, 4) is 0 Å². The molecular formula is C24H24N4. The first-order valence-electron chi connectivity index (χ1n) is 9.48. The molecule has 2 N–H and O–H groups in total. The first-order chi connectivity index (χ1) is 13.6. The summed E-state index contributed by atoms with van der Waals surface area (Å²) in [4.78, 5) is 16.1. The van der Waals surface area contributed by atoms with Gasteiger partial charge in [0.1, 0.15) is 0 Å². The molecule has 2 aromatic rings. The summed E-state index contributed by atoms with van der Waals surface area (Å²) in [6.45, 7) is 8.32. The topological polar surface area (TPSA) is 56.3 Å². The Bertz CT molecular complexity index is 1220. The maximum absolute atomic E-state index is 4.82. The number of H-pyrrole nitrogens is 2. The molecule has 4 rings (SSSR count). The Balaban J connectivity index is 1.67. The number of aromatic amines is 2.